The number of ether oxygens (including phenoxy) is 1. The standard InChI is InChI=1S/C37H40N4O4/c1-37(2,3)29-13-10-26(11-14-29)36(44)39-31-19-27(35(43)38-20-24-8-15-30(45-4)16-9-24)12-17-33(31)40-21-25-18-28(23-40)32-6-5-7-34(42)41(32)22-25/h5-17,19,25,28H,18,20-23H2,1-4H3,(H,38,43)(H,39,44). The van der Waals surface area contributed by atoms with Gasteiger partial charge in [0.15, 0.2) is 0 Å². The summed E-state index contributed by atoms with van der Waals surface area (Å²) in [6.07, 6.45) is 1.02. The fourth-order valence-corrected chi connectivity index (χ4v) is 6.49. The minimum Gasteiger partial charge on any atom is -0.497 e. The molecule has 3 aromatic carbocycles. The van der Waals surface area contributed by atoms with Crippen LogP contribution in [0.2, 0.25) is 0 Å². The monoisotopic (exact) mass is 604 g/mol. The van der Waals surface area contributed by atoms with Crippen molar-refractivity contribution in [3.8, 4) is 5.75 Å². The van der Waals surface area contributed by atoms with E-state index in [4.69, 9.17) is 4.74 Å². The fraction of sp³-hybridized carbons (Fsp3) is 0.324. The van der Waals surface area contributed by atoms with Crippen LogP contribution in [0, 0.1) is 5.92 Å². The molecule has 0 aliphatic carbocycles. The number of nitrogens with zero attached hydrogens (tertiary/aromatic N) is 2. The van der Waals surface area contributed by atoms with E-state index in [1.165, 1.54) is 0 Å². The first-order valence-corrected chi connectivity index (χ1v) is 15.5. The summed E-state index contributed by atoms with van der Waals surface area (Å²) in [4.78, 5) is 41.7. The molecule has 2 aliphatic rings. The number of aromatic nitrogens is 1. The van der Waals surface area contributed by atoms with E-state index in [1.54, 1.807) is 19.2 Å². The number of carbonyl (C=O) groups excluding carboxylic acids is 2. The molecule has 232 valence electrons. The molecule has 2 atom stereocenters. The SMILES string of the molecule is COc1ccc(CNC(=O)c2ccc(N3CC4CC(C3)c3cccc(=O)n3C4)c(NC(=O)c3ccc(C(C)(C)C)cc3)c2)cc1. The van der Waals surface area contributed by atoms with E-state index < -0.39 is 0 Å². The number of anilines is 2. The summed E-state index contributed by atoms with van der Waals surface area (Å²) in [6, 6.07) is 26.3. The third-order valence-electron chi connectivity index (χ3n) is 8.95. The van der Waals surface area contributed by atoms with Crippen LogP contribution in [-0.4, -0.2) is 36.6 Å². The Hall–Kier alpha value is -4.85. The van der Waals surface area contributed by atoms with Crippen molar-refractivity contribution in [3.63, 3.8) is 0 Å². The second-order valence-electron chi connectivity index (χ2n) is 13.1. The Kier molecular flexibility index (Phi) is 8.23. The molecule has 0 radical (unpaired) electrons. The van der Waals surface area contributed by atoms with Gasteiger partial charge in [0.05, 0.1) is 18.5 Å². The molecule has 2 bridgehead atoms. The van der Waals surface area contributed by atoms with E-state index >= 15 is 0 Å². The van der Waals surface area contributed by atoms with Crippen molar-refractivity contribution >= 4 is 23.2 Å². The molecule has 1 saturated heterocycles. The second-order valence-corrected chi connectivity index (χ2v) is 13.1. The second kappa shape index (κ2) is 12.3. The lowest BCUT2D eigenvalue weighted by molar-refractivity contribution is 0.0949. The number of hydrogen-bond acceptors (Lipinski definition) is 5. The number of methoxy groups -OCH3 is 1. The normalized spacial score (nSPS) is 17.3. The van der Waals surface area contributed by atoms with Gasteiger partial charge in [0, 0.05) is 55.0 Å². The van der Waals surface area contributed by atoms with Gasteiger partial charge < -0.3 is 24.8 Å². The fourth-order valence-electron chi connectivity index (χ4n) is 6.49. The van der Waals surface area contributed by atoms with Crippen LogP contribution < -0.4 is 25.8 Å². The van der Waals surface area contributed by atoms with Crippen LogP contribution >= 0.6 is 0 Å². The Labute approximate surface area is 264 Å². The Morgan fingerprint density at radius 3 is 2.31 bits per heavy atom. The number of hydrogen-bond donors (Lipinski definition) is 2. The van der Waals surface area contributed by atoms with Crippen LogP contribution in [0.15, 0.2) is 89.7 Å². The molecule has 8 heteroatoms. The topological polar surface area (TPSA) is 92.7 Å². The third-order valence-corrected chi connectivity index (χ3v) is 8.95. The Morgan fingerprint density at radius 2 is 1.60 bits per heavy atom. The highest BCUT2D eigenvalue weighted by Crippen LogP contribution is 2.39. The number of carbonyl (C=O) groups is 2. The number of rotatable bonds is 7. The van der Waals surface area contributed by atoms with Gasteiger partial charge in [0.1, 0.15) is 5.75 Å². The minimum absolute atomic E-state index is 0.0221. The maximum absolute atomic E-state index is 13.6. The quantitative estimate of drug-likeness (QED) is 0.272. The lowest BCUT2D eigenvalue weighted by Crippen LogP contribution is -2.47. The summed E-state index contributed by atoms with van der Waals surface area (Å²) in [5.41, 5.74) is 5.64. The van der Waals surface area contributed by atoms with E-state index in [0.29, 0.717) is 42.4 Å². The molecule has 4 aromatic rings. The Bertz CT molecular complexity index is 1770. The lowest BCUT2D eigenvalue weighted by Gasteiger charge is -2.44. The summed E-state index contributed by atoms with van der Waals surface area (Å²) < 4.78 is 7.14. The molecule has 2 amide bonds. The summed E-state index contributed by atoms with van der Waals surface area (Å²) >= 11 is 0. The first-order chi connectivity index (χ1) is 21.6. The molecule has 45 heavy (non-hydrogen) atoms. The van der Waals surface area contributed by atoms with Gasteiger partial charge in [-0.25, -0.2) is 0 Å². The lowest BCUT2D eigenvalue weighted by atomic mass is 9.83. The molecular weight excluding hydrogens is 564 g/mol. The van der Waals surface area contributed by atoms with E-state index in [1.807, 2.05) is 77.4 Å². The highest BCUT2D eigenvalue weighted by molar-refractivity contribution is 6.07. The van der Waals surface area contributed by atoms with Crippen molar-refractivity contribution < 1.29 is 14.3 Å². The molecule has 3 heterocycles. The molecule has 1 fully saturated rings. The van der Waals surface area contributed by atoms with Crippen molar-refractivity contribution in [2.24, 2.45) is 5.92 Å². The van der Waals surface area contributed by atoms with Gasteiger partial charge >= 0.3 is 0 Å². The number of amides is 2. The van der Waals surface area contributed by atoms with Crippen molar-refractivity contribution in [3.05, 3.63) is 123 Å². The third kappa shape index (κ3) is 6.50. The van der Waals surface area contributed by atoms with E-state index in [2.05, 4.69) is 36.3 Å². The van der Waals surface area contributed by atoms with Crippen molar-refractivity contribution in [2.75, 3.05) is 30.4 Å². The van der Waals surface area contributed by atoms with Gasteiger partial charge in [-0.3, -0.25) is 14.4 Å². The molecule has 6 rings (SSSR count). The van der Waals surface area contributed by atoms with Gasteiger partial charge in [-0.1, -0.05) is 51.1 Å². The molecular formula is C37H40N4O4. The van der Waals surface area contributed by atoms with Crippen LogP contribution in [0.5, 0.6) is 5.75 Å². The van der Waals surface area contributed by atoms with Gasteiger partial charge in [-0.05, 0) is 77.4 Å². The molecule has 0 spiro atoms. The zero-order valence-corrected chi connectivity index (χ0v) is 26.3. The van der Waals surface area contributed by atoms with Crippen molar-refractivity contribution in [1.29, 1.82) is 0 Å². The highest BCUT2D eigenvalue weighted by Gasteiger charge is 2.35. The first kappa shape index (κ1) is 30.2. The average Bonchev–Trinajstić information content (AvgIpc) is 3.04. The summed E-state index contributed by atoms with van der Waals surface area (Å²) in [5.74, 6) is 0.795. The van der Waals surface area contributed by atoms with Crippen LogP contribution in [0.1, 0.15) is 70.6 Å². The number of nitrogens with one attached hydrogen (secondary N) is 2. The number of benzene rings is 3. The predicted octanol–water partition coefficient (Wildman–Crippen LogP) is 5.96. The zero-order chi connectivity index (χ0) is 31.7. The molecule has 2 N–H and O–H groups in total. The summed E-state index contributed by atoms with van der Waals surface area (Å²) in [5, 5.41) is 6.12. The number of pyridine rings is 1. The zero-order valence-electron chi connectivity index (χ0n) is 26.3. The molecule has 1 aromatic heterocycles. The van der Waals surface area contributed by atoms with Crippen LogP contribution in [0.4, 0.5) is 11.4 Å². The van der Waals surface area contributed by atoms with Crippen LogP contribution in [-0.2, 0) is 18.5 Å². The average molecular weight is 605 g/mol. The van der Waals surface area contributed by atoms with Gasteiger partial charge in [0.25, 0.3) is 17.4 Å². The van der Waals surface area contributed by atoms with E-state index in [9.17, 15) is 14.4 Å². The van der Waals surface area contributed by atoms with Crippen molar-refractivity contribution in [2.45, 2.75) is 51.6 Å². The van der Waals surface area contributed by atoms with Gasteiger partial charge in [0.2, 0.25) is 0 Å². The molecule has 0 saturated carbocycles. The Morgan fingerprint density at radius 1 is 0.867 bits per heavy atom. The summed E-state index contributed by atoms with van der Waals surface area (Å²) in [6.45, 7) is 8.93. The van der Waals surface area contributed by atoms with Gasteiger partial charge in [-0.15, -0.1) is 0 Å². The molecule has 2 aliphatic heterocycles. The van der Waals surface area contributed by atoms with E-state index in [0.717, 1.165) is 41.2 Å². The molecule has 2 unspecified atom stereocenters. The smallest absolute Gasteiger partial charge is 0.255 e. The van der Waals surface area contributed by atoms with Crippen LogP contribution in [0.3, 0.4) is 0 Å². The molecule has 8 nitrogen and oxygen atoms in total. The van der Waals surface area contributed by atoms with Gasteiger partial charge in [-0.2, -0.15) is 0 Å². The largest absolute Gasteiger partial charge is 0.497 e. The maximum Gasteiger partial charge on any atom is 0.255 e. The maximum atomic E-state index is 13.6. The first-order valence-electron chi connectivity index (χ1n) is 15.5. The number of fused-ring (bicyclic) bond motifs is 4. The highest BCUT2D eigenvalue weighted by atomic mass is 16.5. The van der Waals surface area contributed by atoms with Crippen molar-refractivity contribution in [1.82, 2.24) is 9.88 Å². The Balaban J connectivity index is 1.27. The van der Waals surface area contributed by atoms with Crippen LogP contribution in [0.25, 0.3) is 0 Å². The minimum atomic E-state index is -0.235. The predicted molar refractivity (Wildman–Crippen MR) is 177 cm³/mol. The summed E-state index contributed by atoms with van der Waals surface area (Å²) in [7, 11) is 1.62. The van der Waals surface area contributed by atoms with E-state index in [-0.39, 0.29) is 28.7 Å². The number of piperidine rings is 1.